The minimum Gasteiger partial charge on any atom is -0.455 e. The zero-order chi connectivity index (χ0) is 29.9. The summed E-state index contributed by atoms with van der Waals surface area (Å²) in [4.78, 5) is 5.40. The van der Waals surface area contributed by atoms with Gasteiger partial charge in [-0.1, -0.05) is 125 Å². The second-order valence-corrected chi connectivity index (χ2v) is 12.4. The molecule has 0 N–H and O–H groups in total. The molecule has 0 aliphatic carbocycles. The SMILES string of the molecule is CC(C)c1cccc(C(C)C)c1-n1c(-c2cccc3c2oc2ccc(-c4ccccc4)cc23)nc2ccc3ccccc3c21. The van der Waals surface area contributed by atoms with Gasteiger partial charge in [-0.25, -0.2) is 4.98 Å². The fourth-order valence-corrected chi connectivity index (χ4v) is 6.79. The van der Waals surface area contributed by atoms with Crippen LogP contribution in [0, 0.1) is 0 Å². The van der Waals surface area contributed by atoms with E-state index in [1.807, 2.05) is 0 Å². The van der Waals surface area contributed by atoms with Gasteiger partial charge in [0.25, 0.3) is 0 Å². The molecule has 0 saturated heterocycles. The van der Waals surface area contributed by atoms with Crippen molar-refractivity contribution in [3.63, 3.8) is 0 Å². The van der Waals surface area contributed by atoms with Gasteiger partial charge in [0, 0.05) is 16.2 Å². The number of hydrogen-bond acceptors (Lipinski definition) is 2. The van der Waals surface area contributed by atoms with Gasteiger partial charge in [-0.2, -0.15) is 0 Å². The quantitative estimate of drug-likeness (QED) is 0.206. The van der Waals surface area contributed by atoms with Crippen molar-refractivity contribution in [3.8, 4) is 28.2 Å². The van der Waals surface area contributed by atoms with Gasteiger partial charge in [0.05, 0.1) is 22.3 Å². The van der Waals surface area contributed by atoms with Crippen molar-refractivity contribution in [2.75, 3.05) is 0 Å². The van der Waals surface area contributed by atoms with Crippen molar-refractivity contribution in [1.82, 2.24) is 9.55 Å². The monoisotopic (exact) mass is 570 g/mol. The molecule has 0 bridgehead atoms. The van der Waals surface area contributed by atoms with E-state index >= 15 is 0 Å². The van der Waals surface area contributed by atoms with Gasteiger partial charge in [0.2, 0.25) is 0 Å². The van der Waals surface area contributed by atoms with Gasteiger partial charge in [-0.05, 0) is 63.7 Å². The normalized spacial score (nSPS) is 12.0. The summed E-state index contributed by atoms with van der Waals surface area (Å²) < 4.78 is 9.14. The van der Waals surface area contributed by atoms with Gasteiger partial charge < -0.3 is 4.42 Å². The van der Waals surface area contributed by atoms with E-state index in [1.165, 1.54) is 38.7 Å². The van der Waals surface area contributed by atoms with Gasteiger partial charge in [-0.3, -0.25) is 4.57 Å². The molecule has 0 radical (unpaired) electrons. The van der Waals surface area contributed by atoms with Crippen LogP contribution in [0.2, 0.25) is 0 Å². The van der Waals surface area contributed by atoms with E-state index in [4.69, 9.17) is 9.40 Å². The van der Waals surface area contributed by atoms with Crippen LogP contribution < -0.4 is 0 Å². The summed E-state index contributed by atoms with van der Waals surface area (Å²) in [6.45, 7) is 9.13. The lowest BCUT2D eigenvalue weighted by Crippen LogP contribution is -2.08. The Balaban J connectivity index is 1.49. The average Bonchev–Trinajstić information content (AvgIpc) is 3.63. The molecule has 2 aromatic heterocycles. The molecule has 0 aliphatic heterocycles. The molecule has 3 nitrogen and oxygen atoms in total. The third-order valence-electron chi connectivity index (χ3n) is 8.95. The zero-order valence-corrected chi connectivity index (χ0v) is 25.5. The Morgan fingerprint density at radius 1 is 0.591 bits per heavy atom. The Morgan fingerprint density at radius 3 is 2.07 bits per heavy atom. The molecule has 3 heteroatoms. The molecule has 8 aromatic rings. The first-order chi connectivity index (χ1) is 21.5. The predicted octanol–water partition coefficient (Wildman–Crippen LogP) is 11.7. The van der Waals surface area contributed by atoms with Gasteiger partial charge in [-0.15, -0.1) is 0 Å². The standard InChI is InChI=1S/C41H34N2O/c1-25(2)30-16-10-17-31(26(3)4)38(30)43-39-32-15-9-8-14-28(32)20-22-36(39)42-41(43)34-19-11-18-33-35-24-29(27-12-6-5-7-13-27)21-23-37(35)44-40(33)34/h5-26H,1-4H3. The van der Waals surface area contributed by atoms with Crippen LogP contribution in [0.5, 0.6) is 0 Å². The van der Waals surface area contributed by atoms with E-state index in [2.05, 4.69) is 154 Å². The topological polar surface area (TPSA) is 31.0 Å². The van der Waals surface area contributed by atoms with Gasteiger partial charge in [0.1, 0.15) is 17.0 Å². The minimum atomic E-state index is 0.336. The Labute approximate surface area is 257 Å². The Morgan fingerprint density at radius 2 is 1.30 bits per heavy atom. The molecule has 0 spiro atoms. The first kappa shape index (κ1) is 26.5. The molecule has 8 rings (SSSR count). The number of aromatic nitrogens is 2. The van der Waals surface area contributed by atoms with Crippen molar-refractivity contribution in [3.05, 3.63) is 132 Å². The molecule has 0 unspecified atom stereocenters. The molecule has 0 aliphatic rings. The molecule has 2 heterocycles. The van der Waals surface area contributed by atoms with Crippen LogP contribution in [0.25, 0.3) is 71.9 Å². The summed E-state index contributed by atoms with van der Waals surface area (Å²) in [5.41, 5.74) is 11.1. The van der Waals surface area contributed by atoms with Crippen molar-refractivity contribution < 1.29 is 4.42 Å². The lowest BCUT2D eigenvalue weighted by Gasteiger charge is -2.23. The average molecular weight is 571 g/mol. The second-order valence-electron chi connectivity index (χ2n) is 12.4. The molecular formula is C41H34N2O. The highest BCUT2D eigenvalue weighted by atomic mass is 16.3. The smallest absolute Gasteiger partial charge is 0.149 e. The van der Waals surface area contributed by atoms with E-state index in [1.54, 1.807) is 0 Å². The van der Waals surface area contributed by atoms with E-state index in [0.717, 1.165) is 44.4 Å². The minimum absolute atomic E-state index is 0.336. The highest BCUT2D eigenvalue weighted by molar-refractivity contribution is 6.12. The van der Waals surface area contributed by atoms with Crippen LogP contribution in [0.3, 0.4) is 0 Å². The Bertz CT molecular complexity index is 2310. The first-order valence-electron chi connectivity index (χ1n) is 15.5. The summed E-state index contributed by atoms with van der Waals surface area (Å²) in [6.07, 6.45) is 0. The summed E-state index contributed by atoms with van der Waals surface area (Å²) >= 11 is 0. The Kier molecular flexibility index (Phi) is 6.16. The van der Waals surface area contributed by atoms with E-state index in [-0.39, 0.29) is 0 Å². The van der Waals surface area contributed by atoms with Gasteiger partial charge >= 0.3 is 0 Å². The van der Waals surface area contributed by atoms with Crippen molar-refractivity contribution >= 4 is 43.7 Å². The lowest BCUT2D eigenvalue weighted by atomic mass is 9.92. The van der Waals surface area contributed by atoms with E-state index in [0.29, 0.717) is 11.8 Å². The second kappa shape index (κ2) is 10.2. The third kappa shape index (κ3) is 4.07. The number of fused-ring (bicyclic) bond motifs is 6. The summed E-state index contributed by atoms with van der Waals surface area (Å²) in [7, 11) is 0. The summed E-state index contributed by atoms with van der Waals surface area (Å²) in [6, 6.07) is 43.2. The number of imidazole rings is 1. The summed E-state index contributed by atoms with van der Waals surface area (Å²) in [5.74, 6) is 1.57. The number of rotatable bonds is 5. The molecular weight excluding hydrogens is 536 g/mol. The molecule has 214 valence electrons. The number of para-hydroxylation sites is 2. The molecule has 0 fully saturated rings. The lowest BCUT2D eigenvalue weighted by molar-refractivity contribution is 0.669. The molecule has 44 heavy (non-hydrogen) atoms. The highest BCUT2D eigenvalue weighted by Crippen LogP contribution is 2.42. The van der Waals surface area contributed by atoms with Crippen molar-refractivity contribution in [2.24, 2.45) is 0 Å². The molecule has 0 atom stereocenters. The van der Waals surface area contributed by atoms with Crippen LogP contribution in [0.4, 0.5) is 0 Å². The number of benzene rings is 6. The highest BCUT2D eigenvalue weighted by Gasteiger charge is 2.25. The van der Waals surface area contributed by atoms with Crippen LogP contribution in [0.15, 0.2) is 126 Å². The van der Waals surface area contributed by atoms with E-state index in [9.17, 15) is 0 Å². The zero-order valence-electron chi connectivity index (χ0n) is 25.5. The molecule has 0 saturated carbocycles. The maximum atomic E-state index is 6.71. The number of nitrogens with zero attached hydrogens (tertiary/aromatic N) is 2. The fourth-order valence-electron chi connectivity index (χ4n) is 6.79. The maximum Gasteiger partial charge on any atom is 0.149 e. The fraction of sp³-hybridized carbons (Fsp3) is 0.146. The van der Waals surface area contributed by atoms with Crippen molar-refractivity contribution in [1.29, 1.82) is 0 Å². The Hall–Kier alpha value is -5.15. The predicted molar refractivity (Wildman–Crippen MR) is 185 cm³/mol. The van der Waals surface area contributed by atoms with Gasteiger partial charge in [0.15, 0.2) is 0 Å². The van der Waals surface area contributed by atoms with E-state index < -0.39 is 0 Å². The molecule has 0 amide bonds. The van der Waals surface area contributed by atoms with Crippen LogP contribution in [-0.4, -0.2) is 9.55 Å². The van der Waals surface area contributed by atoms with Crippen LogP contribution >= 0.6 is 0 Å². The largest absolute Gasteiger partial charge is 0.455 e. The van der Waals surface area contributed by atoms with Crippen LogP contribution in [0.1, 0.15) is 50.7 Å². The molecule has 6 aromatic carbocycles. The van der Waals surface area contributed by atoms with Crippen molar-refractivity contribution in [2.45, 2.75) is 39.5 Å². The number of hydrogen-bond donors (Lipinski definition) is 0. The third-order valence-corrected chi connectivity index (χ3v) is 8.95. The maximum absolute atomic E-state index is 6.71. The number of furan rings is 1. The first-order valence-corrected chi connectivity index (χ1v) is 15.5. The van der Waals surface area contributed by atoms with Crippen LogP contribution in [-0.2, 0) is 0 Å². The summed E-state index contributed by atoms with van der Waals surface area (Å²) in [5, 5.41) is 4.61.